The summed E-state index contributed by atoms with van der Waals surface area (Å²) < 4.78 is 14.7. The normalized spacial score (nSPS) is 9.79. The summed E-state index contributed by atoms with van der Waals surface area (Å²) in [7, 11) is 1.29. The fraction of sp³-hybridized carbons (Fsp3) is 0.429. The van der Waals surface area contributed by atoms with Gasteiger partial charge in [-0.3, -0.25) is 0 Å². The van der Waals surface area contributed by atoms with E-state index in [2.05, 4.69) is 4.74 Å². The number of hydrogen-bond donors (Lipinski definition) is 0. The molecule has 1 rings (SSSR count). The van der Waals surface area contributed by atoms with E-state index in [9.17, 15) is 9.59 Å². The molecule has 104 valence electrons. The van der Waals surface area contributed by atoms with Gasteiger partial charge in [0.05, 0.1) is 19.3 Å². The quantitative estimate of drug-likeness (QED) is 0.559. The largest absolute Gasteiger partial charge is 0.482 e. The van der Waals surface area contributed by atoms with Gasteiger partial charge >= 0.3 is 11.9 Å². The first kappa shape index (κ1) is 15.0. The molecule has 0 aliphatic carbocycles. The Bertz CT molecular complexity index is 410. The van der Waals surface area contributed by atoms with Crippen molar-refractivity contribution in [3.05, 3.63) is 29.8 Å². The van der Waals surface area contributed by atoms with Gasteiger partial charge in [0.15, 0.2) is 6.61 Å². The van der Waals surface area contributed by atoms with Crippen LogP contribution in [0.2, 0.25) is 0 Å². The molecule has 0 saturated carbocycles. The van der Waals surface area contributed by atoms with Crippen molar-refractivity contribution in [1.82, 2.24) is 0 Å². The lowest BCUT2D eigenvalue weighted by Crippen LogP contribution is -2.12. The molecule has 0 fully saturated rings. The summed E-state index contributed by atoms with van der Waals surface area (Å²) in [5.41, 5.74) is 0.460. The van der Waals surface area contributed by atoms with Crippen molar-refractivity contribution >= 4 is 11.9 Å². The average molecular weight is 266 g/mol. The Hall–Kier alpha value is -2.04. The van der Waals surface area contributed by atoms with Crippen LogP contribution >= 0.6 is 0 Å². The minimum absolute atomic E-state index is 0.156. The van der Waals surface area contributed by atoms with Crippen LogP contribution in [0.1, 0.15) is 30.1 Å². The van der Waals surface area contributed by atoms with E-state index < -0.39 is 5.97 Å². The van der Waals surface area contributed by atoms with Crippen molar-refractivity contribution < 1.29 is 23.8 Å². The number of benzene rings is 1. The number of rotatable bonds is 7. The molecular formula is C14H18O5. The van der Waals surface area contributed by atoms with Gasteiger partial charge < -0.3 is 14.2 Å². The fourth-order valence-corrected chi connectivity index (χ4v) is 1.28. The van der Waals surface area contributed by atoms with Crippen LogP contribution in [0, 0.1) is 0 Å². The van der Waals surface area contributed by atoms with Crippen LogP contribution in [-0.2, 0) is 14.3 Å². The van der Waals surface area contributed by atoms with E-state index in [1.54, 1.807) is 24.3 Å². The molecule has 0 spiro atoms. The summed E-state index contributed by atoms with van der Waals surface area (Å²) in [6.07, 6.45) is 1.83. The van der Waals surface area contributed by atoms with Crippen LogP contribution in [0.3, 0.4) is 0 Å². The van der Waals surface area contributed by atoms with Gasteiger partial charge in [-0.1, -0.05) is 13.3 Å². The standard InChI is InChI=1S/C14H18O5/c1-3-4-9-18-14(16)11-5-7-12(8-6-11)19-10-13(15)17-2/h5-8H,3-4,9-10H2,1-2H3. The number of hydrogen-bond acceptors (Lipinski definition) is 5. The zero-order valence-electron chi connectivity index (χ0n) is 11.2. The topological polar surface area (TPSA) is 61.8 Å². The molecule has 0 aromatic heterocycles. The third kappa shape index (κ3) is 5.42. The number of ether oxygens (including phenoxy) is 3. The predicted molar refractivity (Wildman–Crippen MR) is 69.1 cm³/mol. The Kier molecular flexibility index (Phi) is 6.43. The van der Waals surface area contributed by atoms with Gasteiger partial charge in [-0.2, -0.15) is 0 Å². The SMILES string of the molecule is CCCCOC(=O)c1ccc(OCC(=O)OC)cc1. The highest BCUT2D eigenvalue weighted by molar-refractivity contribution is 5.89. The minimum Gasteiger partial charge on any atom is -0.482 e. The molecule has 5 nitrogen and oxygen atoms in total. The average Bonchev–Trinajstić information content (AvgIpc) is 2.45. The Morgan fingerprint density at radius 3 is 2.42 bits per heavy atom. The molecule has 19 heavy (non-hydrogen) atoms. The number of methoxy groups -OCH3 is 1. The molecule has 1 aromatic carbocycles. The van der Waals surface area contributed by atoms with Gasteiger partial charge in [0.25, 0.3) is 0 Å². The molecule has 0 aliphatic heterocycles. The molecule has 5 heteroatoms. The van der Waals surface area contributed by atoms with Crippen molar-refractivity contribution in [2.75, 3.05) is 20.3 Å². The van der Waals surface area contributed by atoms with Crippen molar-refractivity contribution in [3.63, 3.8) is 0 Å². The number of carbonyl (C=O) groups excluding carboxylic acids is 2. The lowest BCUT2D eigenvalue weighted by atomic mass is 10.2. The highest BCUT2D eigenvalue weighted by atomic mass is 16.6. The van der Waals surface area contributed by atoms with E-state index in [1.807, 2.05) is 6.92 Å². The summed E-state index contributed by atoms with van der Waals surface area (Å²) >= 11 is 0. The third-order valence-electron chi connectivity index (χ3n) is 2.41. The van der Waals surface area contributed by atoms with Crippen molar-refractivity contribution in [3.8, 4) is 5.75 Å². The second-order valence-electron chi connectivity index (χ2n) is 3.88. The van der Waals surface area contributed by atoms with Crippen LogP contribution in [0.5, 0.6) is 5.75 Å². The number of unbranched alkanes of at least 4 members (excludes halogenated alkanes) is 1. The van der Waals surface area contributed by atoms with E-state index >= 15 is 0 Å². The van der Waals surface area contributed by atoms with Gasteiger partial charge in [-0.15, -0.1) is 0 Å². The molecule has 0 atom stereocenters. The summed E-state index contributed by atoms with van der Waals surface area (Å²) in [5, 5.41) is 0. The maximum atomic E-state index is 11.6. The van der Waals surface area contributed by atoms with Gasteiger partial charge in [0.2, 0.25) is 0 Å². The Labute approximate surface area is 112 Å². The Balaban J connectivity index is 2.46. The second kappa shape index (κ2) is 8.13. The molecule has 0 radical (unpaired) electrons. The summed E-state index contributed by atoms with van der Waals surface area (Å²) in [5.74, 6) is -0.313. The molecule has 0 unspecified atom stereocenters. The van der Waals surface area contributed by atoms with E-state index in [1.165, 1.54) is 7.11 Å². The summed E-state index contributed by atoms with van der Waals surface area (Å²) in [6, 6.07) is 6.42. The van der Waals surface area contributed by atoms with E-state index in [-0.39, 0.29) is 12.6 Å². The molecule has 0 saturated heterocycles. The lowest BCUT2D eigenvalue weighted by molar-refractivity contribution is -0.142. The van der Waals surface area contributed by atoms with Crippen LogP contribution in [0.4, 0.5) is 0 Å². The van der Waals surface area contributed by atoms with Crippen molar-refractivity contribution in [2.45, 2.75) is 19.8 Å². The first-order valence-electron chi connectivity index (χ1n) is 6.14. The molecule has 0 amide bonds. The monoisotopic (exact) mass is 266 g/mol. The Morgan fingerprint density at radius 2 is 1.84 bits per heavy atom. The van der Waals surface area contributed by atoms with E-state index in [4.69, 9.17) is 9.47 Å². The summed E-state index contributed by atoms with van der Waals surface area (Å²) in [4.78, 5) is 22.5. The first-order chi connectivity index (χ1) is 9.17. The van der Waals surface area contributed by atoms with Gasteiger partial charge in [0, 0.05) is 0 Å². The maximum Gasteiger partial charge on any atom is 0.343 e. The zero-order chi connectivity index (χ0) is 14.1. The van der Waals surface area contributed by atoms with Crippen molar-refractivity contribution in [2.24, 2.45) is 0 Å². The van der Waals surface area contributed by atoms with Gasteiger partial charge in [-0.05, 0) is 30.7 Å². The molecule has 0 bridgehead atoms. The van der Waals surface area contributed by atoms with Gasteiger partial charge in [0.1, 0.15) is 5.75 Å². The Morgan fingerprint density at radius 1 is 1.16 bits per heavy atom. The van der Waals surface area contributed by atoms with E-state index in [0.717, 1.165) is 12.8 Å². The molecular weight excluding hydrogens is 248 g/mol. The van der Waals surface area contributed by atoms with Crippen LogP contribution < -0.4 is 4.74 Å². The van der Waals surface area contributed by atoms with Gasteiger partial charge in [-0.25, -0.2) is 9.59 Å². The fourth-order valence-electron chi connectivity index (χ4n) is 1.28. The smallest absolute Gasteiger partial charge is 0.343 e. The zero-order valence-corrected chi connectivity index (χ0v) is 11.2. The molecule has 0 N–H and O–H groups in total. The van der Waals surface area contributed by atoms with Crippen LogP contribution in [0.15, 0.2) is 24.3 Å². The molecule has 1 aromatic rings. The minimum atomic E-state index is -0.456. The second-order valence-corrected chi connectivity index (χ2v) is 3.88. The highest BCUT2D eigenvalue weighted by Gasteiger charge is 2.07. The highest BCUT2D eigenvalue weighted by Crippen LogP contribution is 2.13. The van der Waals surface area contributed by atoms with Crippen LogP contribution in [0.25, 0.3) is 0 Å². The van der Waals surface area contributed by atoms with E-state index in [0.29, 0.717) is 17.9 Å². The number of esters is 2. The predicted octanol–water partition coefficient (Wildman–Crippen LogP) is 2.20. The van der Waals surface area contributed by atoms with Crippen molar-refractivity contribution in [1.29, 1.82) is 0 Å². The summed E-state index contributed by atoms with van der Waals surface area (Å²) in [6.45, 7) is 2.30. The lowest BCUT2D eigenvalue weighted by Gasteiger charge is -2.06. The molecule has 0 heterocycles. The number of carbonyl (C=O) groups is 2. The maximum absolute atomic E-state index is 11.6. The molecule has 0 aliphatic rings. The third-order valence-corrected chi connectivity index (χ3v) is 2.41. The first-order valence-corrected chi connectivity index (χ1v) is 6.14. The van der Waals surface area contributed by atoms with Crippen LogP contribution in [-0.4, -0.2) is 32.3 Å².